The lowest BCUT2D eigenvalue weighted by atomic mass is 9.95. The van der Waals surface area contributed by atoms with Crippen molar-refractivity contribution in [1.82, 2.24) is 4.40 Å². The number of rotatable bonds is 2. The Kier molecular flexibility index (Phi) is 4.63. The van der Waals surface area contributed by atoms with Crippen molar-refractivity contribution in [3.63, 3.8) is 0 Å². The van der Waals surface area contributed by atoms with Crippen LogP contribution < -0.4 is 0 Å². The molecule has 4 aromatic heterocycles. The number of thiophene rings is 2. The average Bonchev–Trinajstić information content (AvgIpc) is 3.66. The fraction of sp³-hybridized carbons (Fsp3) is 0.118. The summed E-state index contributed by atoms with van der Waals surface area (Å²) in [6.45, 7) is 5.86. The highest BCUT2D eigenvalue weighted by atomic mass is 32.1. The molecule has 0 atom stereocenters. The van der Waals surface area contributed by atoms with Crippen LogP contribution in [0.25, 0.3) is 63.7 Å². The van der Waals surface area contributed by atoms with Crippen molar-refractivity contribution in [2.45, 2.75) is 26.4 Å². The van der Waals surface area contributed by atoms with E-state index in [0.717, 1.165) is 16.0 Å². The molecule has 0 radical (unpaired) electrons. The molecule has 5 heterocycles. The molecule has 0 saturated heterocycles. The second-order valence-electron chi connectivity index (χ2n) is 10.8. The SMILES string of the molecule is CC1=C(/C=C/c2cc3sc4c(c5cccc6ccc7c8ccccc8n4c7c65)c3s2)C(C)(C)OC1=C(C#N)C#N. The fourth-order valence-corrected chi connectivity index (χ4v) is 9.02. The van der Waals surface area contributed by atoms with Gasteiger partial charge in [0.15, 0.2) is 11.3 Å². The van der Waals surface area contributed by atoms with Crippen LogP contribution in [0.4, 0.5) is 0 Å². The number of aromatic nitrogens is 1. The van der Waals surface area contributed by atoms with E-state index in [0.29, 0.717) is 5.76 Å². The Morgan fingerprint density at radius 1 is 0.900 bits per heavy atom. The summed E-state index contributed by atoms with van der Waals surface area (Å²) in [7, 11) is 0. The summed E-state index contributed by atoms with van der Waals surface area (Å²) in [6.07, 6.45) is 4.21. The van der Waals surface area contributed by atoms with Gasteiger partial charge in [0.2, 0.25) is 0 Å². The van der Waals surface area contributed by atoms with Gasteiger partial charge in [-0.05, 0) is 49.8 Å². The quantitative estimate of drug-likeness (QED) is 0.201. The van der Waals surface area contributed by atoms with Gasteiger partial charge in [-0.1, -0.05) is 54.6 Å². The normalized spacial score (nSPS) is 15.5. The van der Waals surface area contributed by atoms with Crippen molar-refractivity contribution in [3.05, 3.63) is 94.1 Å². The molecular formula is C34H21N3OS2. The van der Waals surface area contributed by atoms with E-state index in [1.54, 1.807) is 11.3 Å². The number of nitrogens with zero attached hydrogens (tertiary/aromatic N) is 3. The zero-order chi connectivity index (χ0) is 27.3. The van der Waals surface area contributed by atoms with Crippen LogP contribution in [0.15, 0.2) is 89.2 Å². The molecule has 0 bridgehead atoms. The fourth-order valence-electron chi connectivity index (χ4n) is 6.43. The lowest BCUT2D eigenvalue weighted by Gasteiger charge is -2.20. The Hall–Kier alpha value is -4.62. The minimum absolute atomic E-state index is 0.0124. The molecule has 0 unspecified atom stereocenters. The number of benzene rings is 3. The highest BCUT2D eigenvalue weighted by Crippen LogP contribution is 2.48. The van der Waals surface area contributed by atoms with Crippen LogP contribution in [0.1, 0.15) is 25.6 Å². The minimum atomic E-state index is -0.622. The minimum Gasteiger partial charge on any atom is -0.481 e. The van der Waals surface area contributed by atoms with Crippen molar-refractivity contribution < 1.29 is 4.74 Å². The molecule has 0 spiro atoms. The first kappa shape index (κ1) is 23.3. The second-order valence-corrected chi connectivity index (χ2v) is 12.9. The summed E-state index contributed by atoms with van der Waals surface area (Å²) < 4.78 is 11.1. The van der Waals surface area contributed by atoms with E-state index < -0.39 is 5.60 Å². The Labute approximate surface area is 237 Å². The summed E-state index contributed by atoms with van der Waals surface area (Å²) >= 11 is 3.66. The van der Waals surface area contributed by atoms with E-state index >= 15 is 0 Å². The van der Waals surface area contributed by atoms with E-state index in [4.69, 9.17) is 4.74 Å². The van der Waals surface area contributed by atoms with Crippen molar-refractivity contribution in [2.24, 2.45) is 0 Å². The van der Waals surface area contributed by atoms with Gasteiger partial charge >= 0.3 is 0 Å². The number of allylic oxidation sites excluding steroid dienone is 2. The summed E-state index contributed by atoms with van der Waals surface area (Å²) in [5, 5.41) is 26.6. The van der Waals surface area contributed by atoms with Gasteiger partial charge in [0.05, 0.1) is 15.7 Å². The van der Waals surface area contributed by atoms with Gasteiger partial charge in [0, 0.05) is 42.3 Å². The molecule has 7 aromatic rings. The highest BCUT2D eigenvalue weighted by Gasteiger charge is 2.36. The number of hydrogen-bond donors (Lipinski definition) is 0. The second kappa shape index (κ2) is 7.96. The molecule has 0 saturated carbocycles. The van der Waals surface area contributed by atoms with Gasteiger partial charge in [0.1, 0.15) is 22.6 Å². The predicted molar refractivity (Wildman–Crippen MR) is 167 cm³/mol. The van der Waals surface area contributed by atoms with E-state index in [2.05, 4.69) is 77.2 Å². The molecule has 190 valence electrons. The molecule has 1 aliphatic heterocycles. The van der Waals surface area contributed by atoms with E-state index in [1.807, 2.05) is 44.2 Å². The summed E-state index contributed by atoms with van der Waals surface area (Å²) in [5.74, 6) is 0.382. The molecular weight excluding hydrogens is 531 g/mol. The first-order valence-electron chi connectivity index (χ1n) is 13.1. The van der Waals surface area contributed by atoms with Crippen molar-refractivity contribution in [1.29, 1.82) is 10.5 Å². The van der Waals surface area contributed by atoms with Crippen molar-refractivity contribution >= 4 is 86.3 Å². The maximum atomic E-state index is 9.38. The first-order valence-corrected chi connectivity index (χ1v) is 14.7. The van der Waals surface area contributed by atoms with Gasteiger partial charge in [-0.25, -0.2) is 0 Å². The zero-order valence-electron chi connectivity index (χ0n) is 22.0. The maximum absolute atomic E-state index is 9.38. The van der Waals surface area contributed by atoms with Gasteiger partial charge in [-0.3, -0.25) is 4.40 Å². The monoisotopic (exact) mass is 551 g/mol. The Balaban J connectivity index is 1.37. The van der Waals surface area contributed by atoms with Crippen LogP contribution in [0.2, 0.25) is 0 Å². The number of pyridine rings is 1. The smallest absolute Gasteiger partial charge is 0.171 e. The number of fused-ring (bicyclic) bond motifs is 8. The van der Waals surface area contributed by atoms with Crippen molar-refractivity contribution in [3.8, 4) is 12.1 Å². The van der Waals surface area contributed by atoms with Crippen LogP contribution in [0.5, 0.6) is 0 Å². The maximum Gasteiger partial charge on any atom is 0.171 e. The first-order chi connectivity index (χ1) is 19.4. The Bertz CT molecular complexity index is 2390. The topological polar surface area (TPSA) is 61.2 Å². The molecule has 1 aliphatic rings. The summed E-state index contributed by atoms with van der Waals surface area (Å²) in [5.41, 5.74) is 3.76. The molecule has 4 nitrogen and oxygen atoms in total. The molecule has 0 amide bonds. The number of para-hydroxylation sites is 1. The molecule has 6 heteroatoms. The predicted octanol–water partition coefficient (Wildman–Crippen LogP) is 9.71. The van der Waals surface area contributed by atoms with E-state index in [1.165, 1.54) is 57.6 Å². The number of nitriles is 2. The number of ether oxygens (including phenoxy) is 1. The lowest BCUT2D eigenvalue weighted by molar-refractivity contribution is 0.0951. The standard InChI is InChI=1S/C34H21N3OS2/c1-18-25(34(2,3)38-31(18)20(16-35)17-36)14-12-21-15-27-32(39-21)29-24-9-6-7-19-11-13-23-22-8-4-5-10-26(22)37(33(29)40-27)30(23)28(19)24/h4-15H,1-3H3/b14-12+. The summed E-state index contributed by atoms with van der Waals surface area (Å²) in [4.78, 5) is 2.44. The van der Waals surface area contributed by atoms with Crippen LogP contribution in [0, 0.1) is 22.7 Å². The largest absolute Gasteiger partial charge is 0.481 e. The third-order valence-electron chi connectivity index (χ3n) is 8.13. The third-order valence-corrected chi connectivity index (χ3v) is 10.5. The van der Waals surface area contributed by atoms with Crippen LogP contribution in [-0.2, 0) is 4.74 Å². The van der Waals surface area contributed by atoms with Crippen LogP contribution >= 0.6 is 22.7 Å². The summed E-state index contributed by atoms with van der Waals surface area (Å²) in [6, 6.07) is 26.1. The molecule has 0 fully saturated rings. The van der Waals surface area contributed by atoms with Gasteiger partial charge in [0.25, 0.3) is 0 Å². The molecule has 0 aliphatic carbocycles. The molecule has 8 rings (SSSR count). The van der Waals surface area contributed by atoms with Gasteiger partial charge in [-0.15, -0.1) is 22.7 Å². The van der Waals surface area contributed by atoms with Crippen LogP contribution in [0.3, 0.4) is 0 Å². The lowest BCUT2D eigenvalue weighted by Crippen LogP contribution is -2.20. The Morgan fingerprint density at radius 3 is 2.52 bits per heavy atom. The number of hydrogen-bond acceptors (Lipinski definition) is 5. The van der Waals surface area contributed by atoms with Gasteiger partial charge < -0.3 is 4.74 Å². The molecule has 0 N–H and O–H groups in total. The highest BCUT2D eigenvalue weighted by molar-refractivity contribution is 7.33. The van der Waals surface area contributed by atoms with Crippen LogP contribution in [-0.4, -0.2) is 10.0 Å². The zero-order valence-corrected chi connectivity index (χ0v) is 23.6. The van der Waals surface area contributed by atoms with E-state index in [9.17, 15) is 10.5 Å². The van der Waals surface area contributed by atoms with E-state index in [-0.39, 0.29) is 5.57 Å². The average molecular weight is 552 g/mol. The van der Waals surface area contributed by atoms with Gasteiger partial charge in [-0.2, -0.15) is 10.5 Å². The third kappa shape index (κ3) is 2.93. The Morgan fingerprint density at radius 2 is 1.70 bits per heavy atom. The van der Waals surface area contributed by atoms with Crippen molar-refractivity contribution in [2.75, 3.05) is 0 Å². The molecule has 3 aromatic carbocycles. The molecule has 40 heavy (non-hydrogen) atoms.